The molecule has 2 bridgehead atoms. The summed E-state index contributed by atoms with van der Waals surface area (Å²) in [6.45, 7) is 2.13. The minimum atomic E-state index is 0.759. The van der Waals surface area contributed by atoms with Gasteiger partial charge in [0.15, 0.2) is 0 Å². The summed E-state index contributed by atoms with van der Waals surface area (Å²) in [7, 11) is 0. The molecule has 3 fully saturated rings. The van der Waals surface area contributed by atoms with E-state index in [1.807, 2.05) is 0 Å². The summed E-state index contributed by atoms with van der Waals surface area (Å²) in [5.41, 5.74) is 5.65. The number of piperidine rings is 2. The second-order valence-corrected chi connectivity index (χ2v) is 3.69. The van der Waals surface area contributed by atoms with Gasteiger partial charge in [-0.3, -0.25) is 0 Å². The lowest BCUT2D eigenvalue weighted by Gasteiger charge is -2.42. The van der Waals surface area contributed by atoms with Crippen LogP contribution in [0.3, 0.4) is 0 Å². The van der Waals surface area contributed by atoms with Gasteiger partial charge < -0.3 is 11.1 Å². The van der Waals surface area contributed by atoms with E-state index >= 15 is 0 Å². The Morgan fingerprint density at radius 3 is 2.60 bits per heavy atom. The Bertz CT molecular complexity index is 116. The third-order valence-corrected chi connectivity index (χ3v) is 3.06. The fourth-order valence-electron chi connectivity index (χ4n) is 2.39. The molecule has 0 spiro atoms. The fraction of sp³-hybridized carbons (Fsp3) is 1.00. The maximum Gasteiger partial charge on any atom is 0.0108 e. The highest BCUT2D eigenvalue weighted by Gasteiger charge is 2.33. The predicted octanol–water partition coefficient (Wildman–Crippen LogP) is 0.333. The third kappa shape index (κ3) is 0.956. The van der Waals surface area contributed by atoms with Crippen LogP contribution in [0.2, 0.25) is 0 Å². The van der Waals surface area contributed by atoms with E-state index in [2.05, 4.69) is 5.32 Å². The maximum atomic E-state index is 5.65. The van der Waals surface area contributed by atoms with Crippen molar-refractivity contribution in [3.8, 4) is 0 Å². The van der Waals surface area contributed by atoms with Crippen molar-refractivity contribution >= 4 is 0 Å². The molecule has 2 nitrogen and oxygen atoms in total. The van der Waals surface area contributed by atoms with E-state index in [0.29, 0.717) is 0 Å². The highest BCUT2D eigenvalue weighted by atomic mass is 15.0. The highest BCUT2D eigenvalue weighted by Crippen LogP contribution is 2.32. The Labute approximate surface area is 62.2 Å². The van der Waals surface area contributed by atoms with Crippen molar-refractivity contribution < 1.29 is 0 Å². The van der Waals surface area contributed by atoms with E-state index in [1.165, 1.54) is 25.8 Å². The SMILES string of the molecule is NCC1CC2CCC1NC2. The molecule has 2 heteroatoms. The minimum absolute atomic E-state index is 0.759. The van der Waals surface area contributed by atoms with Crippen LogP contribution in [0.4, 0.5) is 0 Å². The van der Waals surface area contributed by atoms with Gasteiger partial charge in [-0.2, -0.15) is 0 Å². The van der Waals surface area contributed by atoms with Gasteiger partial charge in [-0.05, 0) is 44.2 Å². The Kier molecular flexibility index (Phi) is 1.66. The monoisotopic (exact) mass is 140 g/mol. The maximum absolute atomic E-state index is 5.65. The molecule has 10 heavy (non-hydrogen) atoms. The van der Waals surface area contributed by atoms with Crippen LogP contribution in [0.25, 0.3) is 0 Å². The molecule has 0 radical (unpaired) electrons. The van der Waals surface area contributed by atoms with Crippen LogP contribution in [0, 0.1) is 11.8 Å². The Hall–Kier alpha value is -0.0800. The summed E-state index contributed by atoms with van der Waals surface area (Å²) in [5, 5.41) is 3.54. The average Bonchev–Trinajstić information content (AvgIpc) is 2.06. The molecular formula is C8H16N2. The molecular weight excluding hydrogens is 124 g/mol. The Morgan fingerprint density at radius 1 is 1.40 bits per heavy atom. The van der Waals surface area contributed by atoms with E-state index in [1.54, 1.807) is 0 Å². The van der Waals surface area contributed by atoms with Gasteiger partial charge >= 0.3 is 0 Å². The molecule has 58 valence electrons. The van der Waals surface area contributed by atoms with Crippen LogP contribution in [0.5, 0.6) is 0 Å². The summed E-state index contributed by atoms with van der Waals surface area (Å²) < 4.78 is 0. The molecule has 1 saturated carbocycles. The van der Waals surface area contributed by atoms with E-state index in [0.717, 1.165) is 24.4 Å². The quantitative estimate of drug-likeness (QED) is 0.551. The van der Waals surface area contributed by atoms with Crippen LogP contribution in [-0.4, -0.2) is 19.1 Å². The summed E-state index contributed by atoms with van der Waals surface area (Å²) in [4.78, 5) is 0. The van der Waals surface area contributed by atoms with Crippen molar-refractivity contribution in [3.05, 3.63) is 0 Å². The molecule has 3 aliphatic rings. The molecule has 3 unspecified atom stereocenters. The first kappa shape index (κ1) is 6.62. The molecule has 0 aromatic heterocycles. The zero-order chi connectivity index (χ0) is 6.97. The molecule has 3 N–H and O–H groups in total. The number of rotatable bonds is 1. The first-order valence-corrected chi connectivity index (χ1v) is 4.33. The summed E-state index contributed by atoms with van der Waals surface area (Å²) in [5.74, 6) is 1.73. The molecule has 3 atom stereocenters. The van der Waals surface area contributed by atoms with Gasteiger partial charge in [-0.25, -0.2) is 0 Å². The molecule has 2 saturated heterocycles. The molecule has 0 amide bonds. The molecule has 1 aliphatic carbocycles. The third-order valence-electron chi connectivity index (χ3n) is 3.06. The van der Waals surface area contributed by atoms with Gasteiger partial charge in [0.05, 0.1) is 0 Å². The summed E-state index contributed by atoms with van der Waals surface area (Å²) in [6.07, 6.45) is 4.19. The van der Waals surface area contributed by atoms with Gasteiger partial charge in [0.1, 0.15) is 0 Å². The van der Waals surface area contributed by atoms with Crippen LogP contribution in [0.15, 0.2) is 0 Å². The van der Waals surface area contributed by atoms with Crippen molar-refractivity contribution in [1.29, 1.82) is 0 Å². The van der Waals surface area contributed by atoms with Gasteiger partial charge in [-0.1, -0.05) is 0 Å². The van der Waals surface area contributed by atoms with E-state index in [4.69, 9.17) is 5.73 Å². The van der Waals surface area contributed by atoms with Crippen molar-refractivity contribution in [3.63, 3.8) is 0 Å². The highest BCUT2D eigenvalue weighted by molar-refractivity contribution is 4.91. The summed E-state index contributed by atoms with van der Waals surface area (Å²) >= 11 is 0. The Balaban J connectivity index is 2.01. The Morgan fingerprint density at radius 2 is 2.30 bits per heavy atom. The standard InChI is InChI=1S/C8H16N2/c9-4-7-3-6-1-2-8(7)10-5-6/h6-8,10H,1-5,9H2. The summed E-state index contributed by atoms with van der Waals surface area (Å²) in [6, 6.07) is 0.759. The van der Waals surface area contributed by atoms with E-state index in [-0.39, 0.29) is 0 Å². The first-order chi connectivity index (χ1) is 4.90. The normalized spacial score (nSPS) is 45.9. The number of hydrogen-bond donors (Lipinski definition) is 2. The predicted molar refractivity (Wildman–Crippen MR) is 41.7 cm³/mol. The zero-order valence-electron chi connectivity index (χ0n) is 6.34. The second kappa shape index (κ2) is 2.51. The van der Waals surface area contributed by atoms with Crippen molar-refractivity contribution in [2.75, 3.05) is 13.1 Å². The van der Waals surface area contributed by atoms with Crippen LogP contribution >= 0.6 is 0 Å². The van der Waals surface area contributed by atoms with Gasteiger partial charge in [-0.15, -0.1) is 0 Å². The lowest BCUT2D eigenvalue weighted by Crippen LogP contribution is -2.52. The number of hydrogen-bond acceptors (Lipinski definition) is 2. The van der Waals surface area contributed by atoms with Gasteiger partial charge in [0.25, 0.3) is 0 Å². The van der Waals surface area contributed by atoms with Crippen molar-refractivity contribution in [2.45, 2.75) is 25.3 Å². The largest absolute Gasteiger partial charge is 0.330 e. The van der Waals surface area contributed by atoms with Crippen LogP contribution in [0.1, 0.15) is 19.3 Å². The zero-order valence-corrected chi connectivity index (χ0v) is 6.34. The van der Waals surface area contributed by atoms with E-state index in [9.17, 15) is 0 Å². The molecule has 0 aromatic rings. The van der Waals surface area contributed by atoms with Crippen LogP contribution in [-0.2, 0) is 0 Å². The van der Waals surface area contributed by atoms with Crippen molar-refractivity contribution in [2.24, 2.45) is 17.6 Å². The van der Waals surface area contributed by atoms with E-state index < -0.39 is 0 Å². The smallest absolute Gasteiger partial charge is 0.0108 e. The van der Waals surface area contributed by atoms with Gasteiger partial charge in [0.2, 0.25) is 0 Å². The average molecular weight is 140 g/mol. The van der Waals surface area contributed by atoms with Gasteiger partial charge in [0, 0.05) is 6.04 Å². The number of nitrogens with one attached hydrogen (secondary N) is 1. The number of nitrogens with two attached hydrogens (primary N) is 1. The first-order valence-electron chi connectivity index (χ1n) is 4.33. The second-order valence-electron chi connectivity index (χ2n) is 3.69. The topological polar surface area (TPSA) is 38.0 Å². The molecule has 2 aliphatic heterocycles. The lowest BCUT2D eigenvalue weighted by atomic mass is 9.74. The number of fused-ring (bicyclic) bond motifs is 3. The lowest BCUT2D eigenvalue weighted by molar-refractivity contribution is 0.143. The van der Waals surface area contributed by atoms with Crippen LogP contribution < -0.4 is 11.1 Å². The fourth-order valence-corrected chi connectivity index (χ4v) is 2.39. The van der Waals surface area contributed by atoms with Crippen molar-refractivity contribution in [1.82, 2.24) is 5.32 Å². The molecule has 2 heterocycles. The molecule has 0 aromatic carbocycles. The minimum Gasteiger partial charge on any atom is -0.330 e. The molecule has 3 rings (SSSR count).